The predicted molar refractivity (Wildman–Crippen MR) is 79.7 cm³/mol. The van der Waals surface area contributed by atoms with Gasteiger partial charge in [-0.2, -0.15) is 5.10 Å². The average molecular weight is 267 g/mol. The Balaban J connectivity index is 2.11. The number of aryl methyl sites for hydroxylation is 1. The SMILES string of the molecule is CC/C(=N/NC(=O)c1ccc(C)nc1)c1ccccc1. The van der Waals surface area contributed by atoms with Crippen LogP contribution in [0.4, 0.5) is 0 Å². The Labute approximate surface area is 118 Å². The number of nitrogens with one attached hydrogen (secondary N) is 1. The monoisotopic (exact) mass is 267 g/mol. The molecule has 0 aliphatic heterocycles. The van der Waals surface area contributed by atoms with Crippen molar-refractivity contribution in [1.29, 1.82) is 0 Å². The van der Waals surface area contributed by atoms with Crippen LogP contribution >= 0.6 is 0 Å². The van der Waals surface area contributed by atoms with Gasteiger partial charge >= 0.3 is 0 Å². The van der Waals surface area contributed by atoms with Crippen LogP contribution < -0.4 is 5.43 Å². The van der Waals surface area contributed by atoms with Gasteiger partial charge in [0.1, 0.15) is 0 Å². The molecule has 2 aromatic rings. The molecule has 0 aliphatic carbocycles. The molecule has 1 N–H and O–H groups in total. The maximum Gasteiger partial charge on any atom is 0.272 e. The summed E-state index contributed by atoms with van der Waals surface area (Å²) in [5.41, 5.74) is 5.82. The van der Waals surface area contributed by atoms with E-state index in [0.717, 1.165) is 23.4 Å². The van der Waals surface area contributed by atoms with E-state index in [4.69, 9.17) is 0 Å². The van der Waals surface area contributed by atoms with Gasteiger partial charge in [0, 0.05) is 11.9 Å². The Morgan fingerprint density at radius 1 is 1.15 bits per heavy atom. The molecule has 4 heteroatoms. The highest BCUT2D eigenvalue weighted by Gasteiger charge is 2.06. The first-order valence-electron chi connectivity index (χ1n) is 6.55. The van der Waals surface area contributed by atoms with Crippen molar-refractivity contribution in [3.63, 3.8) is 0 Å². The van der Waals surface area contributed by atoms with Gasteiger partial charge in [-0.3, -0.25) is 9.78 Å². The van der Waals surface area contributed by atoms with Gasteiger partial charge in [0.15, 0.2) is 0 Å². The molecule has 1 amide bonds. The molecule has 20 heavy (non-hydrogen) atoms. The molecule has 1 heterocycles. The molecule has 1 aromatic heterocycles. The van der Waals surface area contributed by atoms with Gasteiger partial charge in [0.25, 0.3) is 5.91 Å². The molecule has 1 aromatic carbocycles. The van der Waals surface area contributed by atoms with Crippen LogP contribution in [0.1, 0.15) is 35.0 Å². The van der Waals surface area contributed by atoms with Crippen molar-refractivity contribution in [1.82, 2.24) is 10.4 Å². The Bertz CT molecular complexity index is 603. The number of pyridine rings is 1. The van der Waals surface area contributed by atoms with Gasteiger partial charge in [0.2, 0.25) is 0 Å². The van der Waals surface area contributed by atoms with Gasteiger partial charge in [-0.25, -0.2) is 5.43 Å². The van der Waals surface area contributed by atoms with Crippen molar-refractivity contribution in [3.8, 4) is 0 Å². The van der Waals surface area contributed by atoms with E-state index in [1.807, 2.05) is 44.2 Å². The third-order valence-corrected chi connectivity index (χ3v) is 2.91. The highest BCUT2D eigenvalue weighted by atomic mass is 16.2. The first-order valence-corrected chi connectivity index (χ1v) is 6.55. The predicted octanol–water partition coefficient (Wildman–Crippen LogP) is 2.93. The van der Waals surface area contributed by atoms with Crippen LogP contribution in [0.25, 0.3) is 0 Å². The molecule has 0 radical (unpaired) electrons. The molecule has 0 saturated heterocycles. The Morgan fingerprint density at radius 3 is 2.50 bits per heavy atom. The van der Waals surface area contributed by atoms with Crippen molar-refractivity contribution in [3.05, 3.63) is 65.5 Å². The number of hydrogen-bond acceptors (Lipinski definition) is 3. The summed E-state index contributed by atoms with van der Waals surface area (Å²) in [5, 5.41) is 4.20. The van der Waals surface area contributed by atoms with Crippen LogP contribution in [0, 0.1) is 6.92 Å². The highest BCUT2D eigenvalue weighted by Crippen LogP contribution is 2.04. The third kappa shape index (κ3) is 3.51. The van der Waals surface area contributed by atoms with Crippen LogP contribution in [0.5, 0.6) is 0 Å². The van der Waals surface area contributed by atoms with E-state index in [2.05, 4.69) is 15.5 Å². The second-order valence-electron chi connectivity index (χ2n) is 4.41. The molecule has 0 aliphatic rings. The van der Waals surface area contributed by atoms with E-state index in [1.54, 1.807) is 18.3 Å². The maximum absolute atomic E-state index is 11.9. The minimum absolute atomic E-state index is 0.251. The summed E-state index contributed by atoms with van der Waals surface area (Å²) in [6.07, 6.45) is 2.30. The lowest BCUT2D eigenvalue weighted by Gasteiger charge is -2.05. The molecule has 0 atom stereocenters. The average Bonchev–Trinajstić information content (AvgIpc) is 2.49. The fourth-order valence-corrected chi connectivity index (χ4v) is 1.76. The smallest absolute Gasteiger partial charge is 0.267 e. The summed E-state index contributed by atoms with van der Waals surface area (Å²) in [4.78, 5) is 16.0. The number of nitrogens with zero attached hydrogens (tertiary/aromatic N) is 2. The van der Waals surface area contributed by atoms with Crippen LogP contribution in [0.3, 0.4) is 0 Å². The number of hydrogen-bond donors (Lipinski definition) is 1. The fraction of sp³-hybridized carbons (Fsp3) is 0.188. The van der Waals surface area contributed by atoms with E-state index < -0.39 is 0 Å². The van der Waals surface area contributed by atoms with Gasteiger partial charge in [-0.05, 0) is 31.0 Å². The van der Waals surface area contributed by atoms with Crippen molar-refractivity contribution >= 4 is 11.6 Å². The number of carbonyl (C=O) groups excluding carboxylic acids is 1. The number of amides is 1. The molecule has 0 unspecified atom stereocenters. The van der Waals surface area contributed by atoms with E-state index in [-0.39, 0.29) is 5.91 Å². The zero-order valence-corrected chi connectivity index (χ0v) is 11.6. The summed E-state index contributed by atoms with van der Waals surface area (Å²) >= 11 is 0. The first-order chi connectivity index (χ1) is 9.70. The van der Waals surface area contributed by atoms with Gasteiger partial charge < -0.3 is 0 Å². The molecule has 4 nitrogen and oxygen atoms in total. The standard InChI is InChI=1S/C16H17N3O/c1-3-15(13-7-5-4-6-8-13)18-19-16(20)14-10-9-12(2)17-11-14/h4-11H,3H2,1-2H3,(H,19,20)/b18-15-. The summed E-state index contributed by atoms with van der Waals surface area (Å²) in [7, 11) is 0. The fourth-order valence-electron chi connectivity index (χ4n) is 1.76. The second-order valence-corrected chi connectivity index (χ2v) is 4.41. The summed E-state index contributed by atoms with van der Waals surface area (Å²) in [6, 6.07) is 13.3. The number of carbonyl (C=O) groups is 1. The zero-order valence-electron chi connectivity index (χ0n) is 11.6. The van der Waals surface area contributed by atoms with Crippen LogP contribution in [-0.2, 0) is 0 Å². The van der Waals surface area contributed by atoms with Crippen molar-refractivity contribution in [2.75, 3.05) is 0 Å². The molecule has 102 valence electrons. The topological polar surface area (TPSA) is 54.4 Å². The molecule has 0 spiro atoms. The molecular formula is C16H17N3O. The Morgan fingerprint density at radius 2 is 1.90 bits per heavy atom. The van der Waals surface area contributed by atoms with E-state index in [9.17, 15) is 4.79 Å². The molecular weight excluding hydrogens is 250 g/mol. The number of rotatable bonds is 4. The van der Waals surface area contributed by atoms with Crippen LogP contribution in [0.2, 0.25) is 0 Å². The third-order valence-electron chi connectivity index (χ3n) is 2.91. The minimum Gasteiger partial charge on any atom is -0.267 e. The second kappa shape index (κ2) is 6.61. The minimum atomic E-state index is -0.251. The van der Waals surface area contributed by atoms with Crippen molar-refractivity contribution in [2.45, 2.75) is 20.3 Å². The van der Waals surface area contributed by atoms with E-state index in [1.165, 1.54) is 0 Å². The zero-order chi connectivity index (χ0) is 14.4. The molecule has 0 bridgehead atoms. The Kier molecular flexibility index (Phi) is 4.60. The first kappa shape index (κ1) is 13.9. The summed E-state index contributed by atoms with van der Waals surface area (Å²) in [6.45, 7) is 3.88. The normalized spacial score (nSPS) is 11.2. The van der Waals surface area contributed by atoms with Crippen molar-refractivity contribution in [2.24, 2.45) is 5.10 Å². The number of benzene rings is 1. The summed E-state index contributed by atoms with van der Waals surface area (Å²) < 4.78 is 0. The number of aromatic nitrogens is 1. The van der Waals surface area contributed by atoms with Gasteiger partial charge in [-0.15, -0.1) is 0 Å². The molecule has 0 saturated carbocycles. The maximum atomic E-state index is 11.9. The summed E-state index contributed by atoms with van der Waals surface area (Å²) in [5.74, 6) is -0.251. The highest BCUT2D eigenvalue weighted by molar-refractivity contribution is 6.02. The van der Waals surface area contributed by atoms with E-state index in [0.29, 0.717) is 5.56 Å². The van der Waals surface area contributed by atoms with Crippen molar-refractivity contribution < 1.29 is 4.79 Å². The largest absolute Gasteiger partial charge is 0.272 e. The lowest BCUT2D eigenvalue weighted by molar-refractivity contribution is 0.0954. The molecule has 0 fully saturated rings. The van der Waals surface area contributed by atoms with Crippen LogP contribution in [-0.4, -0.2) is 16.6 Å². The molecule has 2 rings (SSSR count). The quantitative estimate of drug-likeness (QED) is 0.684. The Hall–Kier alpha value is -2.49. The van der Waals surface area contributed by atoms with Gasteiger partial charge in [-0.1, -0.05) is 37.3 Å². The lowest BCUT2D eigenvalue weighted by Crippen LogP contribution is -2.20. The number of hydrazone groups is 1. The lowest BCUT2D eigenvalue weighted by atomic mass is 10.1. The van der Waals surface area contributed by atoms with E-state index >= 15 is 0 Å². The van der Waals surface area contributed by atoms with Crippen LogP contribution in [0.15, 0.2) is 53.8 Å². The van der Waals surface area contributed by atoms with Gasteiger partial charge in [0.05, 0.1) is 11.3 Å².